The molecule has 2 heterocycles. The van der Waals surface area contributed by atoms with Crippen LogP contribution in [0.25, 0.3) is 15.8 Å². The van der Waals surface area contributed by atoms with Crippen molar-refractivity contribution in [2.75, 3.05) is 0 Å². The number of aromatic nitrogens is 4. The number of nitro benzene ring substituents is 1. The summed E-state index contributed by atoms with van der Waals surface area (Å²) in [5.41, 5.74) is 1.99. The minimum Gasteiger partial charge on any atom is -0.267 e. The quantitative estimate of drug-likeness (QED) is 0.254. The average molecular weight is 446 g/mol. The fraction of sp³-hybridized carbons (Fsp3) is 0.111. The molecule has 0 aliphatic heterocycles. The lowest BCUT2D eigenvalue weighted by atomic mass is 10.2. The third-order valence-electron chi connectivity index (χ3n) is 4.03. The Morgan fingerprint density at radius 3 is 2.76 bits per heavy atom. The van der Waals surface area contributed by atoms with Gasteiger partial charge in [0.1, 0.15) is 4.70 Å². The summed E-state index contributed by atoms with van der Waals surface area (Å²) < 4.78 is 2.33. The molecule has 0 amide bonds. The summed E-state index contributed by atoms with van der Waals surface area (Å²) in [7, 11) is 0. The maximum absolute atomic E-state index is 12.3. The highest BCUT2D eigenvalue weighted by molar-refractivity contribution is 8.00. The smallest absolute Gasteiger partial charge is 0.267 e. The first-order valence-electron chi connectivity index (χ1n) is 8.30. The van der Waals surface area contributed by atoms with E-state index in [4.69, 9.17) is 11.6 Å². The number of aryl methyl sites for hydroxylation is 1. The highest BCUT2D eigenvalue weighted by Crippen LogP contribution is 2.35. The first-order valence-corrected chi connectivity index (χ1v) is 10.5. The highest BCUT2D eigenvalue weighted by Gasteiger charge is 2.18. The van der Waals surface area contributed by atoms with Gasteiger partial charge in [0, 0.05) is 16.8 Å². The van der Waals surface area contributed by atoms with Gasteiger partial charge in [-0.25, -0.2) is 4.68 Å². The molecule has 4 aromatic rings. The van der Waals surface area contributed by atoms with Gasteiger partial charge in [-0.1, -0.05) is 46.3 Å². The van der Waals surface area contributed by atoms with Crippen molar-refractivity contribution < 1.29 is 4.92 Å². The van der Waals surface area contributed by atoms with Gasteiger partial charge in [0.15, 0.2) is 4.34 Å². The number of halogens is 1. The molecule has 0 bridgehead atoms. The molecule has 0 saturated heterocycles. The third kappa shape index (κ3) is 4.14. The minimum atomic E-state index is -0.550. The number of benzene rings is 2. The van der Waals surface area contributed by atoms with E-state index >= 15 is 0 Å². The van der Waals surface area contributed by atoms with Gasteiger partial charge >= 0.3 is 0 Å². The molecule has 0 atom stereocenters. The monoisotopic (exact) mass is 445 g/mol. The molecule has 146 valence electrons. The normalized spacial score (nSPS) is 11.1. The van der Waals surface area contributed by atoms with Gasteiger partial charge in [-0.15, -0.1) is 16.4 Å². The second kappa shape index (κ2) is 7.90. The molecule has 0 radical (unpaired) electrons. The number of rotatable bonds is 5. The Morgan fingerprint density at radius 1 is 1.28 bits per heavy atom. The second-order valence-corrected chi connectivity index (χ2v) is 8.78. The van der Waals surface area contributed by atoms with Gasteiger partial charge in [0.2, 0.25) is 0 Å². The maximum Gasteiger partial charge on any atom is 0.288 e. The summed E-state index contributed by atoms with van der Waals surface area (Å²) >= 11 is 8.25. The lowest BCUT2D eigenvalue weighted by Gasteiger charge is -2.02. The van der Waals surface area contributed by atoms with Crippen LogP contribution in [-0.2, 0) is 5.75 Å². The number of nitrogens with zero attached hydrogens (tertiary/aromatic N) is 5. The molecule has 0 aliphatic carbocycles. The van der Waals surface area contributed by atoms with E-state index in [0.717, 1.165) is 22.6 Å². The van der Waals surface area contributed by atoms with E-state index in [0.29, 0.717) is 15.8 Å². The summed E-state index contributed by atoms with van der Waals surface area (Å²) in [6, 6.07) is 10.5. The van der Waals surface area contributed by atoms with E-state index in [1.807, 2.05) is 31.2 Å². The zero-order chi connectivity index (χ0) is 20.5. The number of non-ortho nitro benzene ring substituents is 1. The molecule has 0 spiro atoms. The Bertz CT molecular complexity index is 1290. The number of fused-ring (bicyclic) bond motifs is 1. The molecule has 29 heavy (non-hydrogen) atoms. The molecule has 0 unspecified atom stereocenters. The molecule has 0 N–H and O–H groups in total. The molecule has 2 aromatic carbocycles. The zero-order valence-electron chi connectivity index (χ0n) is 14.9. The van der Waals surface area contributed by atoms with Crippen LogP contribution in [0.5, 0.6) is 0 Å². The average Bonchev–Trinajstić information content (AvgIpc) is 3.16. The largest absolute Gasteiger partial charge is 0.288 e. The van der Waals surface area contributed by atoms with Crippen molar-refractivity contribution in [3.63, 3.8) is 0 Å². The van der Waals surface area contributed by atoms with E-state index in [1.54, 1.807) is 10.9 Å². The maximum atomic E-state index is 12.3. The third-order valence-corrected chi connectivity index (χ3v) is 6.53. The van der Waals surface area contributed by atoms with Crippen LogP contribution >= 0.6 is 34.7 Å². The predicted molar refractivity (Wildman–Crippen MR) is 113 cm³/mol. The number of nitro groups is 1. The molecule has 11 heteroatoms. The van der Waals surface area contributed by atoms with Crippen molar-refractivity contribution in [3.05, 3.63) is 79.3 Å². The van der Waals surface area contributed by atoms with E-state index in [2.05, 4.69) is 15.3 Å². The SMILES string of the molecule is Cc1ccc(-n2cc(CSc3nc(=O)c4cc(Cl)cc([N+](=O)[O-])c4s3)nn2)cc1. The summed E-state index contributed by atoms with van der Waals surface area (Å²) in [6.45, 7) is 2.01. The molecule has 2 aromatic heterocycles. The fourth-order valence-corrected chi connectivity index (χ4v) is 4.84. The molecular formula is C18H12ClN5O3S2. The summed E-state index contributed by atoms with van der Waals surface area (Å²) in [4.78, 5) is 27.1. The molecule has 0 fully saturated rings. The summed E-state index contributed by atoms with van der Waals surface area (Å²) in [6.07, 6.45) is 1.80. The van der Waals surface area contributed by atoms with Crippen molar-refractivity contribution in [2.24, 2.45) is 0 Å². The van der Waals surface area contributed by atoms with Gasteiger partial charge in [-0.05, 0) is 25.1 Å². The van der Waals surface area contributed by atoms with Crippen LogP contribution in [0.4, 0.5) is 5.69 Å². The fourth-order valence-electron chi connectivity index (χ4n) is 2.62. The Hall–Kier alpha value is -2.82. The zero-order valence-corrected chi connectivity index (χ0v) is 17.3. The van der Waals surface area contributed by atoms with Gasteiger partial charge in [-0.3, -0.25) is 14.9 Å². The lowest BCUT2D eigenvalue weighted by Crippen LogP contribution is -2.06. The van der Waals surface area contributed by atoms with Gasteiger partial charge in [0.05, 0.1) is 27.9 Å². The van der Waals surface area contributed by atoms with Crippen LogP contribution in [0.1, 0.15) is 11.3 Å². The predicted octanol–water partition coefficient (Wildman–Crippen LogP) is 4.40. The van der Waals surface area contributed by atoms with Crippen LogP contribution in [-0.4, -0.2) is 24.9 Å². The number of thioether (sulfide) groups is 1. The van der Waals surface area contributed by atoms with Crippen molar-refractivity contribution in [2.45, 2.75) is 17.0 Å². The van der Waals surface area contributed by atoms with Crippen LogP contribution in [0, 0.1) is 17.0 Å². The molecular weight excluding hydrogens is 434 g/mol. The van der Waals surface area contributed by atoms with E-state index in [-0.39, 0.29) is 20.8 Å². The van der Waals surface area contributed by atoms with Crippen LogP contribution in [0.15, 0.2) is 51.7 Å². The first kappa shape index (κ1) is 19.5. The van der Waals surface area contributed by atoms with E-state index in [9.17, 15) is 14.9 Å². The van der Waals surface area contributed by atoms with Gasteiger partial charge < -0.3 is 0 Å². The molecule has 8 nitrogen and oxygen atoms in total. The second-order valence-electron chi connectivity index (χ2n) is 6.12. The number of hydrogen-bond acceptors (Lipinski definition) is 8. The van der Waals surface area contributed by atoms with E-state index < -0.39 is 10.5 Å². The van der Waals surface area contributed by atoms with Crippen molar-refractivity contribution >= 4 is 50.5 Å². The first-order chi connectivity index (χ1) is 13.9. The van der Waals surface area contributed by atoms with Crippen LogP contribution in [0.3, 0.4) is 0 Å². The van der Waals surface area contributed by atoms with Gasteiger partial charge in [0.25, 0.3) is 11.2 Å². The summed E-state index contributed by atoms with van der Waals surface area (Å²) in [5, 5.41) is 19.9. The van der Waals surface area contributed by atoms with Crippen molar-refractivity contribution in [1.82, 2.24) is 20.0 Å². The Labute approximate surface area is 177 Å². The molecule has 0 aliphatic rings. The molecule has 4 rings (SSSR count). The highest BCUT2D eigenvalue weighted by atomic mass is 35.5. The Kier molecular flexibility index (Phi) is 5.31. The Balaban J connectivity index is 1.60. The molecule has 0 saturated carbocycles. The number of hydrogen-bond donors (Lipinski definition) is 0. The summed E-state index contributed by atoms with van der Waals surface area (Å²) in [5.74, 6) is 0.418. The lowest BCUT2D eigenvalue weighted by molar-refractivity contribution is -0.382. The Morgan fingerprint density at radius 2 is 2.03 bits per heavy atom. The topological polar surface area (TPSA) is 104 Å². The van der Waals surface area contributed by atoms with Crippen molar-refractivity contribution in [3.8, 4) is 5.69 Å². The minimum absolute atomic E-state index is 0.128. The van der Waals surface area contributed by atoms with Crippen molar-refractivity contribution in [1.29, 1.82) is 0 Å². The van der Waals surface area contributed by atoms with Gasteiger partial charge in [-0.2, -0.15) is 4.98 Å². The standard InChI is InChI=1S/C18H12ClN5O3S2/c1-10-2-4-13(5-3-10)23-8-12(21-22-23)9-28-18-20-17(25)14-6-11(19)7-15(24(26)27)16(14)29-18/h2-8H,9H2,1H3. The van der Waals surface area contributed by atoms with Crippen LogP contribution < -0.4 is 5.56 Å². The van der Waals surface area contributed by atoms with Crippen LogP contribution in [0.2, 0.25) is 5.02 Å². The van der Waals surface area contributed by atoms with E-state index in [1.165, 1.54) is 23.9 Å².